The highest BCUT2D eigenvalue weighted by molar-refractivity contribution is 6.12. The van der Waals surface area contributed by atoms with Crippen molar-refractivity contribution in [3.05, 3.63) is 253 Å². The van der Waals surface area contributed by atoms with E-state index in [1.165, 1.54) is 71.7 Å². The molecule has 0 radical (unpaired) electrons. The van der Waals surface area contributed by atoms with Gasteiger partial charge in [-0.05, 0) is 122 Å². The van der Waals surface area contributed by atoms with Gasteiger partial charge in [-0.15, -0.1) is 0 Å². The van der Waals surface area contributed by atoms with Crippen molar-refractivity contribution in [2.75, 3.05) is 9.80 Å². The molecule has 1 spiro atoms. The lowest BCUT2D eigenvalue weighted by molar-refractivity contribution is 0.795. The van der Waals surface area contributed by atoms with Gasteiger partial charge in [0.1, 0.15) is 0 Å². The first-order valence-corrected chi connectivity index (χ1v) is 20.4. The summed E-state index contributed by atoms with van der Waals surface area (Å²) in [4.78, 5) is 4.90. The molecule has 0 fully saturated rings. The van der Waals surface area contributed by atoms with Crippen LogP contribution in [-0.2, 0) is 5.41 Å². The van der Waals surface area contributed by atoms with Crippen LogP contribution in [0.1, 0.15) is 22.3 Å². The number of nitrogens with zero attached hydrogens (tertiary/aromatic N) is 2. The Morgan fingerprint density at radius 2 is 0.763 bits per heavy atom. The lowest BCUT2D eigenvalue weighted by Crippen LogP contribution is -2.26. The molecule has 0 saturated heterocycles. The Morgan fingerprint density at radius 1 is 0.271 bits per heavy atom. The first-order chi connectivity index (χ1) is 29.3. The Labute approximate surface area is 344 Å². The van der Waals surface area contributed by atoms with Gasteiger partial charge in [0.25, 0.3) is 0 Å². The summed E-state index contributed by atoms with van der Waals surface area (Å²) in [5.41, 5.74) is 16.6. The summed E-state index contributed by atoms with van der Waals surface area (Å²) < 4.78 is 0. The minimum absolute atomic E-state index is 0.572. The van der Waals surface area contributed by atoms with Gasteiger partial charge in [-0.1, -0.05) is 164 Å². The zero-order valence-corrected chi connectivity index (χ0v) is 32.3. The third kappa shape index (κ3) is 4.93. The average molecular weight is 751 g/mol. The van der Waals surface area contributed by atoms with E-state index in [2.05, 4.69) is 240 Å². The number of rotatable bonds is 6. The minimum Gasteiger partial charge on any atom is -0.310 e. The van der Waals surface area contributed by atoms with Crippen LogP contribution in [0.5, 0.6) is 0 Å². The Balaban J connectivity index is 1.19. The molecule has 0 bridgehead atoms. The van der Waals surface area contributed by atoms with Crippen molar-refractivity contribution in [2.24, 2.45) is 0 Å². The molecule has 10 aromatic carbocycles. The average Bonchev–Trinajstić information content (AvgIpc) is 3.77. The predicted molar refractivity (Wildman–Crippen MR) is 247 cm³/mol. The van der Waals surface area contributed by atoms with E-state index in [1.54, 1.807) is 0 Å². The first kappa shape index (κ1) is 33.5. The summed E-state index contributed by atoms with van der Waals surface area (Å²) in [6, 6.07) is 84.9. The van der Waals surface area contributed by atoms with Gasteiger partial charge in [0.2, 0.25) is 0 Å². The van der Waals surface area contributed by atoms with Crippen molar-refractivity contribution in [3.8, 4) is 22.3 Å². The Hall–Kier alpha value is -7.68. The maximum absolute atomic E-state index is 2.50. The molecular weight excluding hydrogens is 713 g/mol. The predicted octanol–water partition coefficient (Wildman–Crippen LogP) is 15.3. The lowest BCUT2D eigenvalue weighted by Gasteiger charge is -2.33. The molecule has 10 aromatic rings. The Kier molecular flexibility index (Phi) is 7.48. The van der Waals surface area contributed by atoms with E-state index in [0.29, 0.717) is 0 Å². The summed E-state index contributed by atoms with van der Waals surface area (Å²) in [6.45, 7) is 0. The third-order valence-corrected chi connectivity index (χ3v) is 12.6. The monoisotopic (exact) mass is 750 g/mol. The number of para-hydroxylation sites is 3. The number of fused-ring (bicyclic) bond motifs is 12. The quantitative estimate of drug-likeness (QED) is 0.167. The first-order valence-electron chi connectivity index (χ1n) is 20.4. The van der Waals surface area contributed by atoms with E-state index in [-0.39, 0.29) is 0 Å². The SMILES string of the molecule is c1ccc(N(c2ccc3c(c2)C2(c4ccccc4-3)c3ccccc3-c3c2cc2ccccc2c3N(c2ccccc2)c2ccccc2)c2ccc3ccccc3c2)cc1. The molecule has 2 heteroatoms. The van der Waals surface area contributed by atoms with Crippen LogP contribution < -0.4 is 9.80 Å². The summed E-state index contributed by atoms with van der Waals surface area (Å²) in [7, 11) is 0. The molecule has 0 heterocycles. The van der Waals surface area contributed by atoms with Gasteiger partial charge in [0.05, 0.1) is 11.1 Å². The smallest absolute Gasteiger partial charge is 0.0727 e. The van der Waals surface area contributed by atoms with Crippen molar-refractivity contribution < 1.29 is 0 Å². The van der Waals surface area contributed by atoms with Gasteiger partial charge in [-0.25, -0.2) is 0 Å². The fraction of sp³-hybridized carbons (Fsp3) is 0.0175. The van der Waals surface area contributed by atoms with Crippen LogP contribution in [0.4, 0.5) is 34.1 Å². The summed E-state index contributed by atoms with van der Waals surface area (Å²) in [5, 5.41) is 4.89. The molecule has 1 atom stereocenters. The van der Waals surface area contributed by atoms with Crippen LogP contribution >= 0.6 is 0 Å². The molecule has 12 rings (SSSR count). The molecule has 0 aromatic heterocycles. The molecule has 276 valence electrons. The highest BCUT2D eigenvalue weighted by Crippen LogP contribution is 2.66. The van der Waals surface area contributed by atoms with Crippen LogP contribution in [0.2, 0.25) is 0 Å². The van der Waals surface area contributed by atoms with Crippen molar-refractivity contribution in [2.45, 2.75) is 5.41 Å². The maximum Gasteiger partial charge on any atom is 0.0727 e. The third-order valence-electron chi connectivity index (χ3n) is 12.6. The van der Waals surface area contributed by atoms with Gasteiger partial charge in [0.15, 0.2) is 0 Å². The normalized spacial score (nSPS) is 14.5. The van der Waals surface area contributed by atoms with Gasteiger partial charge < -0.3 is 9.80 Å². The second-order valence-electron chi connectivity index (χ2n) is 15.6. The zero-order valence-electron chi connectivity index (χ0n) is 32.3. The van der Waals surface area contributed by atoms with Crippen LogP contribution in [0, 0.1) is 0 Å². The fourth-order valence-corrected chi connectivity index (χ4v) is 10.2. The zero-order chi connectivity index (χ0) is 38.9. The van der Waals surface area contributed by atoms with Gasteiger partial charge in [0, 0.05) is 39.4 Å². The van der Waals surface area contributed by atoms with Crippen molar-refractivity contribution in [3.63, 3.8) is 0 Å². The second kappa shape index (κ2) is 13.2. The molecule has 2 aliphatic rings. The molecule has 0 saturated carbocycles. The van der Waals surface area contributed by atoms with Crippen LogP contribution in [0.15, 0.2) is 231 Å². The maximum atomic E-state index is 2.50. The van der Waals surface area contributed by atoms with E-state index in [4.69, 9.17) is 0 Å². The van der Waals surface area contributed by atoms with E-state index >= 15 is 0 Å². The molecular formula is C57H38N2. The Bertz CT molecular complexity index is 3190. The lowest BCUT2D eigenvalue weighted by atomic mass is 9.70. The van der Waals surface area contributed by atoms with E-state index in [1.807, 2.05) is 0 Å². The molecule has 2 aliphatic carbocycles. The van der Waals surface area contributed by atoms with Gasteiger partial charge in [-0.2, -0.15) is 0 Å². The molecule has 1 unspecified atom stereocenters. The topological polar surface area (TPSA) is 6.48 Å². The van der Waals surface area contributed by atoms with Gasteiger partial charge in [-0.3, -0.25) is 0 Å². The standard InChI is InChI=1S/C57H38N2/c1-4-21-42(22-5-1)58(45-33-32-39-18-10-11-19-40(39)36-45)46-34-35-49-48-28-14-16-30-51(48)57(53(49)38-46)52-31-17-15-29-50(52)55-54(57)37-41-20-12-13-27-47(41)56(55)59(43-23-6-2-7-24-43)44-25-8-3-9-26-44/h1-38H. The van der Waals surface area contributed by atoms with Crippen molar-refractivity contribution in [1.82, 2.24) is 0 Å². The van der Waals surface area contributed by atoms with Gasteiger partial charge >= 0.3 is 0 Å². The number of hydrogen-bond donors (Lipinski definition) is 0. The molecule has 2 nitrogen and oxygen atoms in total. The second-order valence-corrected chi connectivity index (χ2v) is 15.6. The van der Waals surface area contributed by atoms with Crippen LogP contribution in [-0.4, -0.2) is 0 Å². The van der Waals surface area contributed by atoms with Crippen molar-refractivity contribution >= 4 is 55.7 Å². The summed E-state index contributed by atoms with van der Waals surface area (Å²) in [5.74, 6) is 0. The highest BCUT2D eigenvalue weighted by atomic mass is 15.2. The summed E-state index contributed by atoms with van der Waals surface area (Å²) >= 11 is 0. The molecule has 0 aliphatic heterocycles. The number of hydrogen-bond acceptors (Lipinski definition) is 2. The molecule has 59 heavy (non-hydrogen) atoms. The summed E-state index contributed by atoms with van der Waals surface area (Å²) in [6.07, 6.45) is 0. The van der Waals surface area contributed by atoms with Crippen LogP contribution in [0.3, 0.4) is 0 Å². The number of benzene rings is 10. The van der Waals surface area contributed by atoms with E-state index in [0.717, 1.165) is 28.4 Å². The largest absolute Gasteiger partial charge is 0.310 e. The van der Waals surface area contributed by atoms with Crippen LogP contribution in [0.25, 0.3) is 43.8 Å². The van der Waals surface area contributed by atoms with E-state index < -0.39 is 5.41 Å². The van der Waals surface area contributed by atoms with Crippen molar-refractivity contribution in [1.29, 1.82) is 0 Å². The minimum atomic E-state index is -0.572. The highest BCUT2D eigenvalue weighted by Gasteiger charge is 2.53. The molecule has 0 amide bonds. The molecule has 0 N–H and O–H groups in total. The van der Waals surface area contributed by atoms with E-state index in [9.17, 15) is 0 Å². The Morgan fingerprint density at radius 3 is 1.46 bits per heavy atom. The fourth-order valence-electron chi connectivity index (χ4n) is 10.2. The number of anilines is 6.